The van der Waals surface area contributed by atoms with Crippen molar-refractivity contribution in [1.82, 2.24) is 10.6 Å². The van der Waals surface area contributed by atoms with Gasteiger partial charge in [0, 0.05) is 22.2 Å². The number of carbonyl (C=O) groups is 2. The van der Waals surface area contributed by atoms with Crippen molar-refractivity contribution in [3.63, 3.8) is 0 Å². The van der Waals surface area contributed by atoms with Crippen LogP contribution in [0.3, 0.4) is 0 Å². The van der Waals surface area contributed by atoms with Crippen LogP contribution in [0.25, 0.3) is 0 Å². The quantitative estimate of drug-likeness (QED) is 0.848. The van der Waals surface area contributed by atoms with Crippen molar-refractivity contribution in [2.24, 2.45) is 0 Å². The fourth-order valence-corrected chi connectivity index (χ4v) is 2.08. The number of benzene rings is 2. The Balaban J connectivity index is 1.90. The molecule has 0 aliphatic rings. The minimum atomic E-state index is -0.301. The molecule has 2 N–H and O–H groups in total. The lowest BCUT2D eigenvalue weighted by atomic mass is 10.1. The molecule has 0 aliphatic heterocycles. The van der Waals surface area contributed by atoms with Gasteiger partial charge < -0.3 is 10.6 Å². The van der Waals surface area contributed by atoms with E-state index in [1.807, 2.05) is 51.1 Å². The van der Waals surface area contributed by atoms with E-state index < -0.39 is 0 Å². The van der Waals surface area contributed by atoms with Crippen LogP contribution in [-0.2, 0) is 0 Å². The van der Waals surface area contributed by atoms with E-state index in [-0.39, 0.29) is 23.9 Å². The van der Waals surface area contributed by atoms with E-state index in [0.717, 1.165) is 5.56 Å². The largest absolute Gasteiger partial charge is 0.347 e. The zero-order chi connectivity index (χ0) is 18.3. The summed E-state index contributed by atoms with van der Waals surface area (Å²) in [6.07, 6.45) is 0. The fourth-order valence-electron chi connectivity index (χ4n) is 2.08. The molecule has 0 aromatic heterocycles. The Hall–Kier alpha value is -3.06. The van der Waals surface area contributed by atoms with Crippen LogP contribution in [0.15, 0.2) is 54.6 Å². The molecule has 0 bridgehead atoms. The first-order valence-corrected chi connectivity index (χ1v) is 8.10. The molecule has 2 rings (SSSR count). The standard InChI is InChI=1S/C21H22N2O2/c1-21(2,3)23-20(25)18-13-11-17(12-14-18)19(24)22-15-7-10-16-8-5-4-6-9-16/h4-6,8-9,11-14H,15H2,1-3H3,(H,22,24)(H,23,25). The van der Waals surface area contributed by atoms with Gasteiger partial charge in [-0.3, -0.25) is 9.59 Å². The van der Waals surface area contributed by atoms with Crippen molar-refractivity contribution < 1.29 is 9.59 Å². The Morgan fingerprint density at radius 1 is 0.880 bits per heavy atom. The van der Waals surface area contributed by atoms with E-state index in [1.54, 1.807) is 24.3 Å². The minimum Gasteiger partial charge on any atom is -0.347 e. The Kier molecular flexibility index (Phi) is 5.97. The van der Waals surface area contributed by atoms with Crippen molar-refractivity contribution in [3.8, 4) is 11.8 Å². The summed E-state index contributed by atoms with van der Waals surface area (Å²) in [5.41, 5.74) is 1.63. The predicted molar refractivity (Wildman–Crippen MR) is 99.3 cm³/mol. The Morgan fingerprint density at radius 3 is 2.00 bits per heavy atom. The molecule has 0 aliphatic carbocycles. The van der Waals surface area contributed by atoms with Crippen LogP contribution in [0.5, 0.6) is 0 Å². The molecule has 4 heteroatoms. The molecule has 0 fully saturated rings. The molecule has 0 saturated heterocycles. The highest BCUT2D eigenvalue weighted by Gasteiger charge is 2.15. The summed E-state index contributed by atoms with van der Waals surface area (Å²) in [5, 5.41) is 5.63. The third-order valence-corrected chi connectivity index (χ3v) is 3.24. The summed E-state index contributed by atoms with van der Waals surface area (Å²) in [6, 6.07) is 16.1. The molecule has 0 unspecified atom stereocenters. The normalized spacial score (nSPS) is 10.4. The first-order valence-electron chi connectivity index (χ1n) is 8.10. The Labute approximate surface area is 148 Å². The third-order valence-electron chi connectivity index (χ3n) is 3.24. The number of hydrogen-bond acceptors (Lipinski definition) is 2. The fraction of sp³-hybridized carbons (Fsp3) is 0.238. The van der Waals surface area contributed by atoms with Gasteiger partial charge in [-0.25, -0.2) is 0 Å². The molecule has 0 atom stereocenters. The summed E-state index contributed by atoms with van der Waals surface area (Å²) in [5.74, 6) is 5.51. The average molecular weight is 334 g/mol. The van der Waals surface area contributed by atoms with Crippen LogP contribution >= 0.6 is 0 Å². The zero-order valence-electron chi connectivity index (χ0n) is 14.7. The maximum Gasteiger partial charge on any atom is 0.252 e. The molecule has 25 heavy (non-hydrogen) atoms. The van der Waals surface area contributed by atoms with Gasteiger partial charge in [-0.15, -0.1) is 0 Å². The minimum absolute atomic E-state index is 0.159. The molecular formula is C21H22N2O2. The van der Waals surface area contributed by atoms with Gasteiger partial charge in [0.2, 0.25) is 0 Å². The number of carbonyl (C=O) groups excluding carboxylic acids is 2. The number of rotatable bonds is 3. The lowest BCUT2D eigenvalue weighted by Gasteiger charge is -2.20. The zero-order valence-corrected chi connectivity index (χ0v) is 14.7. The summed E-state index contributed by atoms with van der Waals surface area (Å²) in [4.78, 5) is 24.1. The summed E-state index contributed by atoms with van der Waals surface area (Å²) in [7, 11) is 0. The van der Waals surface area contributed by atoms with Crippen molar-refractivity contribution in [3.05, 3.63) is 71.3 Å². The number of nitrogens with one attached hydrogen (secondary N) is 2. The SMILES string of the molecule is CC(C)(C)NC(=O)c1ccc(C(=O)NCC#Cc2ccccc2)cc1. The van der Waals surface area contributed by atoms with Gasteiger partial charge in [0.25, 0.3) is 11.8 Å². The van der Waals surface area contributed by atoms with Crippen LogP contribution in [-0.4, -0.2) is 23.9 Å². The molecule has 0 saturated carbocycles. The highest BCUT2D eigenvalue weighted by atomic mass is 16.2. The van der Waals surface area contributed by atoms with Gasteiger partial charge in [-0.1, -0.05) is 30.0 Å². The molecular weight excluding hydrogens is 312 g/mol. The van der Waals surface area contributed by atoms with Gasteiger partial charge >= 0.3 is 0 Å². The first kappa shape index (κ1) is 18.3. The summed E-state index contributed by atoms with van der Waals surface area (Å²) < 4.78 is 0. The van der Waals surface area contributed by atoms with Crippen LogP contribution in [0.2, 0.25) is 0 Å². The van der Waals surface area contributed by atoms with Crippen LogP contribution in [0.4, 0.5) is 0 Å². The van der Waals surface area contributed by atoms with Gasteiger partial charge in [-0.2, -0.15) is 0 Å². The molecule has 0 spiro atoms. The second-order valence-corrected chi connectivity index (χ2v) is 6.63. The Bertz CT molecular complexity index is 792. The van der Waals surface area contributed by atoms with E-state index in [4.69, 9.17) is 0 Å². The van der Waals surface area contributed by atoms with E-state index in [0.29, 0.717) is 11.1 Å². The van der Waals surface area contributed by atoms with E-state index in [2.05, 4.69) is 22.5 Å². The molecule has 2 aromatic carbocycles. The van der Waals surface area contributed by atoms with E-state index >= 15 is 0 Å². The Morgan fingerprint density at radius 2 is 1.44 bits per heavy atom. The van der Waals surface area contributed by atoms with Gasteiger partial charge in [0.05, 0.1) is 6.54 Å². The molecule has 0 radical (unpaired) electrons. The van der Waals surface area contributed by atoms with Crippen LogP contribution < -0.4 is 10.6 Å². The monoisotopic (exact) mass is 334 g/mol. The molecule has 2 aromatic rings. The molecule has 128 valence electrons. The topological polar surface area (TPSA) is 58.2 Å². The summed E-state index contributed by atoms with van der Waals surface area (Å²) in [6.45, 7) is 6.02. The van der Waals surface area contributed by atoms with Crippen LogP contribution in [0.1, 0.15) is 47.1 Å². The molecule has 2 amide bonds. The smallest absolute Gasteiger partial charge is 0.252 e. The second-order valence-electron chi connectivity index (χ2n) is 6.63. The lowest BCUT2D eigenvalue weighted by Crippen LogP contribution is -2.40. The van der Waals surface area contributed by atoms with E-state index in [9.17, 15) is 9.59 Å². The average Bonchev–Trinajstić information content (AvgIpc) is 2.58. The molecule has 4 nitrogen and oxygen atoms in total. The van der Waals surface area contributed by atoms with Crippen molar-refractivity contribution in [2.45, 2.75) is 26.3 Å². The second kappa shape index (κ2) is 8.16. The lowest BCUT2D eigenvalue weighted by molar-refractivity contribution is 0.0916. The van der Waals surface area contributed by atoms with Gasteiger partial charge in [-0.05, 0) is 57.2 Å². The molecule has 0 heterocycles. The number of amides is 2. The highest BCUT2D eigenvalue weighted by Crippen LogP contribution is 2.07. The van der Waals surface area contributed by atoms with Gasteiger partial charge in [0.1, 0.15) is 0 Å². The number of hydrogen-bond donors (Lipinski definition) is 2. The summed E-state index contributed by atoms with van der Waals surface area (Å²) >= 11 is 0. The van der Waals surface area contributed by atoms with Crippen molar-refractivity contribution >= 4 is 11.8 Å². The first-order chi connectivity index (χ1) is 11.8. The van der Waals surface area contributed by atoms with E-state index in [1.165, 1.54) is 0 Å². The highest BCUT2D eigenvalue weighted by molar-refractivity contribution is 5.98. The maximum atomic E-state index is 12.1. The van der Waals surface area contributed by atoms with Crippen LogP contribution in [0, 0.1) is 11.8 Å². The third kappa shape index (κ3) is 6.15. The van der Waals surface area contributed by atoms with Gasteiger partial charge in [0.15, 0.2) is 0 Å². The maximum absolute atomic E-state index is 12.1. The van der Waals surface area contributed by atoms with Crippen molar-refractivity contribution in [2.75, 3.05) is 6.54 Å². The predicted octanol–water partition coefficient (Wildman–Crippen LogP) is 3.00. The van der Waals surface area contributed by atoms with Crippen molar-refractivity contribution in [1.29, 1.82) is 0 Å².